The number of aryl methyl sites for hydroxylation is 1. The maximum atomic E-state index is 12.0. The molecule has 1 aromatic carbocycles. The molecule has 1 amide bonds. The number of benzene rings is 1. The van der Waals surface area contributed by atoms with Crippen LogP contribution in [0.3, 0.4) is 0 Å². The number of nitrogens with zero attached hydrogens (tertiary/aromatic N) is 1. The zero-order chi connectivity index (χ0) is 15.5. The lowest BCUT2D eigenvalue weighted by molar-refractivity contribution is -0.149. The lowest BCUT2D eigenvalue weighted by Gasteiger charge is -2.39. The highest BCUT2D eigenvalue weighted by Crippen LogP contribution is 2.40. The van der Waals surface area contributed by atoms with Crippen molar-refractivity contribution in [2.45, 2.75) is 25.4 Å². The Bertz CT molecular complexity index is 539. The Labute approximate surface area is 129 Å². The number of carboxylic acids is 1. The summed E-state index contributed by atoms with van der Waals surface area (Å²) in [7, 11) is 0. The molecule has 1 saturated heterocycles. The van der Waals surface area contributed by atoms with Gasteiger partial charge < -0.3 is 14.7 Å². The van der Waals surface area contributed by atoms with Crippen LogP contribution in [0, 0.1) is 11.8 Å². The maximum absolute atomic E-state index is 12.0. The van der Waals surface area contributed by atoms with E-state index >= 15 is 0 Å². The molecule has 5 heteroatoms. The van der Waals surface area contributed by atoms with Crippen molar-refractivity contribution in [2.75, 3.05) is 19.7 Å². The number of hydrogen-bond donors (Lipinski definition) is 1. The Morgan fingerprint density at radius 1 is 1.18 bits per heavy atom. The van der Waals surface area contributed by atoms with E-state index in [1.54, 1.807) is 4.90 Å². The molecule has 2 aliphatic rings. The Balaban J connectivity index is 1.28. The summed E-state index contributed by atoms with van der Waals surface area (Å²) in [5.41, 5.74) is 1.31. The highest BCUT2D eigenvalue weighted by Gasteiger charge is 2.51. The molecule has 2 unspecified atom stereocenters. The smallest absolute Gasteiger partial charge is 0.307 e. The maximum Gasteiger partial charge on any atom is 0.307 e. The van der Waals surface area contributed by atoms with Gasteiger partial charge in [-0.2, -0.15) is 0 Å². The molecule has 0 spiro atoms. The van der Waals surface area contributed by atoms with Gasteiger partial charge in [0.05, 0.1) is 17.9 Å². The largest absolute Gasteiger partial charge is 0.481 e. The Hall–Kier alpha value is -1.88. The number of amides is 1. The highest BCUT2D eigenvalue weighted by molar-refractivity contribution is 5.89. The predicted molar refractivity (Wildman–Crippen MR) is 80.3 cm³/mol. The van der Waals surface area contributed by atoms with Crippen molar-refractivity contribution in [2.24, 2.45) is 11.8 Å². The standard InChI is InChI=1S/C17H21NO4/c19-16(14-9-15(14)17(20)21)18-10-13(11-18)22-8-4-7-12-5-2-1-3-6-12/h1-3,5-6,13-15H,4,7-11H2,(H,20,21). The van der Waals surface area contributed by atoms with E-state index in [-0.39, 0.29) is 17.9 Å². The summed E-state index contributed by atoms with van der Waals surface area (Å²) in [5, 5.41) is 8.84. The number of rotatable bonds is 7. The first-order chi connectivity index (χ1) is 10.6. The highest BCUT2D eigenvalue weighted by atomic mass is 16.5. The van der Waals surface area contributed by atoms with Gasteiger partial charge in [0, 0.05) is 19.7 Å². The number of carbonyl (C=O) groups is 2. The van der Waals surface area contributed by atoms with E-state index in [2.05, 4.69) is 12.1 Å². The Morgan fingerprint density at radius 2 is 1.91 bits per heavy atom. The van der Waals surface area contributed by atoms with Crippen LogP contribution >= 0.6 is 0 Å². The number of carbonyl (C=O) groups excluding carboxylic acids is 1. The van der Waals surface area contributed by atoms with Gasteiger partial charge in [0.15, 0.2) is 0 Å². The van der Waals surface area contributed by atoms with Crippen molar-refractivity contribution >= 4 is 11.9 Å². The van der Waals surface area contributed by atoms with Gasteiger partial charge in [0.1, 0.15) is 0 Å². The molecule has 2 atom stereocenters. The molecule has 5 nitrogen and oxygen atoms in total. The van der Waals surface area contributed by atoms with Gasteiger partial charge in [-0.3, -0.25) is 9.59 Å². The van der Waals surface area contributed by atoms with Crippen LogP contribution in [0.5, 0.6) is 0 Å². The van der Waals surface area contributed by atoms with Crippen LogP contribution in [0.15, 0.2) is 30.3 Å². The average molecular weight is 303 g/mol. The van der Waals surface area contributed by atoms with Gasteiger partial charge >= 0.3 is 5.97 Å². The lowest BCUT2D eigenvalue weighted by Crippen LogP contribution is -2.55. The zero-order valence-corrected chi connectivity index (χ0v) is 12.5. The fourth-order valence-corrected chi connectivity index (χ4v) is 2.87. The van der Waals surface area contributed by atoms with Crippen molar-refractivity contribution in [3.63, 3.8) is 0 Å². The minimum Gasteiger partial charge on any atom is -0.481 e. The van der Waals surface area contributed by atoms with E-state index in [0.29, 0.717) is 26.1 Å². The molecular weight excluding hydrogens is 282 g/mol. The summed E-state index contributed by atoms with van der Waals surface area (Å²) in [5.74, 6) is -1.63. The molecule has 22 heavy (non-hydrogen) atoms. The normalized spacial score (nSPS) is 23.9. The SMILES string of the molecule is O=C(O)C1CC1C(=O)N1CC(OCCCc2ccccc2)C1. The van der Waals surface area contributed by atoms with Gasteiger partial charge in [0.25, 0.3) is 0 Å². The molecule has 1 aromatic rings. The van der Waals surface area contributed by atoms with E-state index in [1.165, 1.54) is 5.56 Å². The number of hydrogen-bond acceptors (Lipinski definition) is 3. The second-order valence-corrected chi connectivity index (χ2v) is 6.11. The van der Waals surface area contributed by atoms with Crippen LogP contribution in [-0.2, 0) is 20.7 Å². The molecule has 1 N–H and O–H groups in total. The molecule has 1 saturated carbocycles. The number of likely N-dealkylation sites (tertiary alicyclic amines) is 1. The average Bonchev–Trinajstić information content (AvgIpc) is 3.26. The fourth-order valence-electron chi connectivity index (χ4n) is 2.87. The molecular formula is C17H21NO4. The van der Waals surface area contributed by atoms with Crippen molar-refractivity contribution < 1.29 is 19.4 Å². The molecule has 1 aliphatic carbocycles. The topological polar surface area (TPSA) is 66.8 Å². The summed E-state index contributed by atoms with van der Waals surface area (Å²) in [6.07, 6.45) is 2.58. The number of ether oxygens (including phenoxy) is 1. The second kappa shape index (κ2) is 6.48. The van der Waals surface area contributed by atoms with Crippen LogP contribution in [0.25, 0.3) is 0 Å². The van der Waals surface area contributed by atoms with E-state index in [9.17, 15) is 9.59 Å². The van der Waals surface area contributed by atoms with E-state index < -0.39 is 11.9 Å². The molecule has 0 aromatic heterocycles. The first-order valence-corrected chi connectivity index (χ1v) is 7.82. The van der Waals surface area contributed by atoms with Crippen LogP contribution in [0.2, 0.25) is 0 Å². The second-order valence-electron chi connectivity index (χ2n) is 6.11. The molecule has 3 rings (SSSR count). The zero-order valence-electron chi connectivity index (χ0n) is 12.5. The summed E-state index contributed by atoms with van der Waals surface area (Å²) >= 11 is 0. The lowest BCUT2D eigenvalue weighted by atomic mass is 10.1. The van der Waals surface area contributed by atoms with Gasteiger partial charge in [0.2, 0.25) is 5.91 Å². The number of carboxylic acid groups (broad SMARTS) is 1. The van der Waals surface area contributed by atoms with E-state index in [4.69, 9.17) is 9.84 Å². The summed E-state index contributed by atoms with van der Waals surface area (Å²) in [6, 6.07) is 10.3. The van der Waals surface area contributed by atoms with Crippen LogP contribution < -0.4 is 0 Å². The molecule has 1 heterocycles. The fraction of sp³-hybridized carbons (Fsp3) is 0.529. The van der Waals surface area contributed by atoms with Crippen LogP contribution in [0.4, 0.5) is 0 Å². The first kappa shape index (κ1) is 15.0. The first-order valence-electron chi connectivity index (χ1n) is 7.82. The van der Waals surface area contributed by atoms with E-state index in [1.807, 2.05) is 18.2 Å². The van der Waals surface area contributed by atoms with Gasteiger partial charge in [-0.15, -0.1) is 0 Å². The summed E-state index contributed by atoms with van der Waals surface area (Å²) in [4.78, 5) is 24.5. The van der Waals surface area contributed by atoms with Crippen molar-refractivity contribution in [3.8, 4) is 0 Å². The monoisotopic (exact) mass is 303 g/mol. The summed E-state index contributed by atoms with van der Waals surface area (Å²) < 4.78 is 5.74. The molecule has 0 bridgehead atoms. The van der Waals surface area contributed by atoms with E-state index in [0.717, 1.165) is 12.8 Å². The Morgan fingerprint density at radius 3 is 2.55 bits per heavy atom. The predicted octanol–water partition coefficient (Wildman–Crippen LogP) is 1.57. The third-order valence-electron chi connectivity index (χ3n) is 4.39. The quantitative estimate of drug-likeness (QED) is 0.776. The van der Waals surface area contributed by atoms with Gasteiger partial charge in [-0.05, 0) is 24.8 Å². The van der Waals surface area contributed by atoms with Gasteiger partial charge in [-0.25, -0.2) is 0 Å². The third-order valence-corrected chi connectivity index (χ3v) is 4.39. The van der Waals surface area contributed by atoms with Gasteiger partial charge in [-0.1, -0.05) is 30.3 Å². The molecule has 0 radical (unpaired) electrons. The molecule has 2 fully saturated rings. The third kappa shape index (κ3) is 3.47. The summed E-state index contributed by atoms with van der Waals surface area (Å²) in [6.45, 7) is 1.91. The minimum absolute atomic E-state index is 0.0171. The molecule has 1 aliphatic heterocycles. The van der Waals surface area contributed by atoms with Crippen LogP contribution in [0.1, 0.15) is 18.4 Å². The van der Waals surface area contributed by atoms with Crippen LogP contribution in [-0.4, -0.2) is 47.7 Å². The van der Waals surface area contributed by atoms with Crippen molar-refractivity contribution in [1.82, 2.24) is 4.90 Å². The minimum atomic E-state index is -0.854. The Kier molecular flexibility index (Phi) is 4.43. The van der Waals surface area contributed by atoms with Crippen molar-refractivity contribution in [1.29, 1.82) is 0 Å². The van der Waals surface area contributed by atoms with Crippen molar-refractivity contribution in [3.05, 3.63) is 35.9 Å². The number of aliphatic carboxylic acids is 1. The molecule has 118 valence electrons.